The minimum atomic E-state index is -4.61. The Morgan fingerprint density at radius 1 is 1.13 bits per heavy atom. The Hall–Kier alpha value is -3.01. The predicted molar refractivity (Wildman–Crippen MR) is 135 cm³/mol. The number of aromatic nitrogens is 2. The van der Waals surface area contributed by atoms with Crippen molar-refractivity contribution in [3.8, 4) is 0 Å². The summed E-state index contributed by atoms with van der Waals surface area (Å²) in [5.41, 5.74) is 1.02. The number of nitrogens with one attached hydrogen (secondary N) is 1. The maximum absolute atomic E-state index is 13.2. The summed E-state index contributed by atoms with van der Waals surface area (Å²) in [7, 11) is 0. The first-order chi connectivity index (χ1) is 18.0. The van der Waals surface area contributed by atoms with Crippen LogP contribution < -0.4 is 10.2 Å². The van der Waals surface area contributed by atoms with Gasteiger partial charge in [0.25, 0.3) is 5.91 Å². The van der Waals surface area contributed by atoms with Crippen molar-refractivity contribution in [2.75, 3.05) is 18.1 Å². The van der Waals surface area contributed by atoms with Gasteiger partial charge >= 0.3 is 6.18 Å². The van der Waals surface area contributed by atoms with Gasteiger partial charge in [-0.2, -0.15) is 13.2 Å². The first kappa shape index (κ1) is 26.6. The van der Waals surface area contributed by atoms with Crippen LogP contribution in [0.3, 0.4) is 0 Å². The highest BCUT2D eigenvalue weighted by Crippen LogP contribution is 2.46. The Labute approximate surface area is 220 Å². The van der Waals surface area contributed by atoms with E-state index in [4.69, 9.17) is 9.72 Å². The van der Waals surface area contributed by atoms with Crippen LogP contribution in [0, 0.1) is 11.8 Å². The summed E-state index contributed by atoms with van der Waals surface area (Å²) in [4.78, 5) is 36.0. The Bertz CT molecular complexity index is 1220. The summed E-state index contributed by atoms with van der Waals surface area (Å²) < 4.78 is 44.8. The largest absolute Gasteiger partial charge is 0.433 e. The highest BCUT2D eigenvalue weighted by Gasteiger charge is 2.44. The Morgan fingerprint density at radius 2 is 1.92 bits per heavy atom. The number of carbonyl (C=O) groups is 2. The van der Waals surface area contributed by atoms with Crippen molar-refractivity contribution in [3.63, 3.8) is 0 Å². The molecule has 5 atom stereocenters. The summed E-state index contributed by atoms with van der Waals surface area (Å²) in [6.45, 7) is 7.17. The predicted octanol–water partition coefficient (Wildman–Crippen LogP) is 5.07. The van der Waals surface area contributed by atoms with Crippen molar-refractivity contribution in [1.29, 1.82) is 0 Å². The minimum Gasteiger partial charge on any atom is -0.381 e. The molecule has 1 saturated carbocycles. The lowest BCUT2D eigenvalue weighted by molar-refractivity contribution is -0.141. The Balaban J connectivity index is 1.38. The molecule has 38 heavy (non-hydrogen) atoms. The molecule has 204 valence electrons. The first-order valence-corrected chi connectivity index (χ1v) is 13.3. The fourth-order valence-electron chi connectivity index (χ4n) is 6.22. The van der Waals surface area contributed by atoms with Crippen molar-refractivity contribution >= 4 is 17.6 Å². The highest BCUT2D eigenvalue weighted by molar-refractivity contribution is 5.98. The second-order valence-electron chi connectivity index (χ2n) is 11.1. The standard InChI is InChI=1S/C28H33F3N4O3/c1-15(2)35-25-22(20-7-9-38-14-23(20)27(35)37)10-18(13-33-25)21-12-19(5-4-16(21)3)34-26(36)17-6-8-32-24(11-17)28(29,30)31/h6,8,10-11,13,15-16,19-21,23H,4-5,7,9,12,14H2,1-3H3,(H,34,36)/t16?,19?,20-,21?,23+/m0/s1. The van der Waals surface area contributed by atoms with Crippen molar-refractivity contribution < 1.29 is 27.5 Å². The number of halogens is 3. The average Bonchev–Trinajstić information content (AvgIpc) is 2.89. The lowest BCUT2D eigenvalue weighted by atomic mass is 9.73. The van der Waals surface area contributed by atoms with Crippen LogP contribution in [0.5, 0.6) is 0 Å². The van der Waals surface area contributed by atoms with Gasteiger partial charge in [-0.25, -0.2) is 4.98 Å². The summed E-state index contributed by atoms with van der Waals surface area (Å²) in [5.74, 6) is 0.581. The zero-order valence-corrected chi connectivity index (χ0v) is 21.8. The number of pyridine rings is 2. The molecule has 1 aliphatic carbocycles. The monoisotopic (exact) mass is 530 g/mol. The molecule has 0 spiro atoms. The number of hydrogen-bond donors (Lipinski definition) is 1. The van der Waals surface area contributed by atoms with Gasteiger partial charge in [0.15, 0.2) is 0 Å². The fourth-order valence-corrected chi connectivity index (χ4v) is 6.22. The van der Waals surface area contributed by atoms with E-state index in [9.17, 15) is 22.8 Å². The van der Waals surface area contributed by atoms with Gasteiger partial charge in [-0.3, -0.25) is 19.5 Å². The molecule has 1 saturated heterocycles. The molecule has 10 heteroatoms. The van der Waals surface area contributed by atoms with E-state index in [0.717, 1.165) is 48.5 Å². The van der Waals surface area contributed by atoms with E-state index in [1.165, 1.54) is 6.07 Å². The molecule has 2 fully saturated rings. The summed E-state index contributed by atoms with van der Waals surface area (Å²) >= 11 is 0. The number of carbonyl (C=O) groups excluding carboxylic acids is 2. The van der Waals surface area contributed by atoms with Gasteiger partial charge in [-0.1, -0.05) is 6.92 Å². The van der Waals surface area contributed by atoms with Gasteiger partial charge < -0.3 is 10.1 Å². The van der Waals surface area contributed by atoms with E-state index in [1.807, 2.05) is 20.0 Å². The maximum Gasteiger partial charge on any atom is 0.433 e. The molecule has 1 N–H and O–H groups in total. The highest BCUT2D eigenvalue weighted by atomic mass is 19.4. The molecular weight excluding hydrogens is 497 g/mol. The van der Waals surface area contributed by atoms with E-state index in [2.05, 4.69) is 23.3 Å². The van der Waals surface area contributed by atoms with Gasteiger partial charge in [0.05, 0.1) is 12.5 Å². The summed E-state index contributed by atoms with van der Waals surface area (Å²) in [5, 5.41) is 2.95. The number of ether oxygens (including phenoxy) is 1. The van der Waals surface area contributed by atoms with E-state index in [0.29, 0.717) is 25.6 Å². The third kappa shape index (κ3) is 5.02. The fraction of sp³-hybridized carbons (Fsp3) is 0.571. The van der Waals surface area contributed by atoms with Crippen LogP contribution >= 0.6 is 0 Å². The number of alkyl halides is 3. The number of hydrogen-bond acceptors (Lipinski definition) is 5. The maximum atomic E-state index is 13.2. The van der Waals surface area contributed by atoms with E-state index >= 15 is 0 Å². The van der Waals surface area contributed by atoms with Crippen LogP contribution in [-0.2, 0) is 15.7 Å². The van der Waals surface area contributed by atoms with E-state index in [-0.39, 0.29) is 41.3 Å². The van der Waals surface area contributed by atoms with E-state index < -0.39 is 17.8 Å². The lowest BCUT2D eigenvalue weighted by Gasteiger charge is -2.43. The Kier molecular flexibility index (Phi) is 7.19. The molecule has 3 aliphatic rings. The molecule has 3 unspecified atom stereocenters. The zero-order valence-electron chi connectivity index (χ0n) is 21.8. The molecule has 2 aliphatic heterocycles. The lowest BCUT2D eigenvalue weighted by Crippen LogP contribution is -2.50. The van der Waals surface area contributed by atoms with Crippen molar-refractivity contribution in [1.82, 2.24) is 15.3 Å². The van der Waals surface area contributed by atoms with Crippen LogP contribution in [0.1, 0.15) is 85.5 Å². The molecule has 0 bridgehead atoms. The van der Waals surface area contributed by atoms with Crippen LogP contribution in [0.25, 0.3) is 0 Å². The molecule has 2 aromatic heterocycles. The smallest absolute Gasteiger partial charge is 0.381 e. The van der Waals surface area contributed by atoms with Crippen LogP contribution in [0.2, 0.25) is 0 Å². The van der Waals surface area contributed by atoms with E-state index in [1.54, 1.807) is 4.90 Å². The van der Waals surface area contributed by atoms with Crippen LogP contribution in [0.4, 0.5) is 19.0 Å². The van der Waals surface area contributed by atoms with Gasteiger partial charge in [-0.15, -0.1) is 0 Å². The first-order valence-electron chi connectivity index (χ1n) is 13.3. The number of fused-ring (bicyclic) bond motifs is 3. The minimum absolute atomic E-state index is 0.0262. The van der Waals surface area contributed by atoms with Crippen molar-refractivity contribution in [3.05, 3.63) is 53.0 Å². The molecule has 2 aromatic rings. The normalized spacial score (nSPS) is 27.6. The van der Waals surface area contributed by atoms with Crippen LogP contribution in [-0.4, -0.2) is 47.1 Å². The third-order valence-electron chi connectivity index (χ3n) is 8.24. The van der Waals surface area contributed by atoms with Gasteiger partial charge in [0.1, 0.15) is 11.5 Å². The van der Waals surface area contributed by atoms with Crippen LogP contribution in [0.15, 0.2) is 30.6 Å². The van der Waals surface area contributed by atoms with Gasteiger partial charge in [0.2, 0.25) is 5.91 Å². The molecule has 0 aromatic carbocycles. The molecule has 4 heterocycles. The average molecular weight is 531 g/mol. The second kappa shape index (κ2) is 10.3. The molecule has 2 amide bonds. The third-order valence-corrected chi connectivity index (χ3v) is 8.24. The summed E-state index contributed by atoms with van der Waals surface area (Å²) in [6.07, 6.45) is 1.30. The number of amides is 2. The van der Waals surface area contributed by atoms with Crippen molar-refractivity contribution in [2.45, 2.75) is 76.6 Å². The Morgan fingerprint density at radius 3 is 2.66 bits per heavy atom. The SMILES string of the molecule is CC1CCC(NC(=O)c2ccnc(C(F)(F)F)c2)CC1c1cnc2c(c1)[C@@H]1CCOC[C@H]1C(=O)N2C(C)C. The van der Waals surface area contributed by atoms with Gasteiger partial charge in [0, 0.05) is 42.6 Å². The topological polar surface area (TPSA) is 84.4 Å². The van der Waals surface area contributed by atoms with Gasteiger partial charge in [-0.05, 0) is 80.7 Å². The number of nitrogens with zero attached hydrogens (tertiary/aromatic N) is 3. The zero-order chi connectivity index (χ0) is 27.2. The molecule has 0 radical (unpaired) electrons. The number of anilines is 1. The molecular formula is C28H33F3N4O3. The molecule has 5 rings (SSSR count). The molecule has 7 nitrogen and oxygen atoms in total. The van der Waals surface area contributed by atoms with Crippen molar-refractivity contribution in [2.24, 2.45) is 11.8 Å². The quantitative estimate of drug-likeness (QED) is 0.597. The summed E-state index contributed by atoms with van der Waals surface area (Å²) in [6, 6.07) is 4.08. The second-order valence-corrected chi connectivity index (χ2v) is 11.1. The number of rotatable bonds is 4.